The van der Waals surface area contributed by atoms with Gasteiger partial charge in [0.1, 0.15) is 11.3 Å². The molecule has 0 aliphatic rings. The molecule has 0 radical (unpaired) electrons. The monoisotopic (exact) mass is 270 g/mol. The molecule has 2 nitrogen and oxygen atoms in total. The Bertz CT molecular complexity index is 671. The van der Waals surface area contributed by atoms with Gasteiger partial charge in [-0.15, -0.1) is 11.8 Å². The molecule has 96 valence electrons. The molecule has 0 atom stereocenters. The minimum atomic E-state index is 0.887. The summed E-state index contributed by atoms with van der Waals surface area (Å²) in [6, 6.07) is 16.2. The zero-order valence-corrected chi connectivity index (χ0v) is 11.4. The van der Waals surface area contributed by atoms with Crippen LogP contribution in [0.4, 0.5) is 0 Å². The maximum Gasteiger partial charge on any atom is 0.134 e. The van der Waals surface area contributed by atoms with Gasteiger partial charge in [-0.25, -0.2) is 0 Å². The number of thioether (sulfide) groups is 1. The second kappa shape index (κ2) is 5.41. The van der Waals surface area contributed by atoms with Gasteiger partial charge in [-0.2, -0.15) is 0 Å². The molecule has 3 rings (SSSR count). The maximum atomic E-state index is 5.54. The van der Waals surface area contributed by atoms with Gasteiger partial charge in [-0.3, -0.25) is 0 Å². The van der Waals surface area contributed by atoms with Crippen molar-refractivity contribution in [3.05, 3.63) is 60.4 Å². The highest BCUT2D eigenvalue weighted by molar-refractivity contribution is 7.98. The minimum Gasteiger partial charge on any atom is -0.497 e. The van der Waals surface area contributed by atoms with E-state index in [2.05, 4.69) is 18.2 Å². The standard InChI is InChI=1S/C16H14O2S/c1-17-13-6-8-14(9-7-13)19-11-12-10-18-16-5-3-2-4-15(12)16/h2-10H,11H2,1H3. The normalized spacial score (nSPS) is 10.8. The molecule has 0 aliphatic heterocycles. The van der Waals surface area contributed by atoms with Crippen LogP contribution in [0.5, 0.6) is 5.75 Å². The summed E-state index contributed by atoms with van der Waals surface area (Å²) in [5, 5.41) is 1.20. The molecule has 2 aromatic carbocycles. The molecule has 3 aromatic rings. The Morgan fingerprint density at radius 1 is 1.05 bits per heavy atom. The number of furan rings is 1. The summed E-state index contributed by atoms with van der Waals surface area (Å²) >= 11 is 1.80. The number of rotatable bonds is 4. The van der Waals surface area contributed by atoms with Gasteiger partial charge >= 0.3 is 0 Å². The molecular formula is C16H14O2S. The van der Waals surface area contributed by atoms with E-state index >= 15 is 0 Å². The number of fused-ring (bicyclic) bond motifs is 1. The number of hydrogen-bond acceptors (Lipinski definition) is 3. The Hall–Kier alpha value is -1.87. The first kappa shape index (κ1) is 12.2. The van der Waals surface area contributed by atoms with Crippen molar-refractivity contribution in [3.8, 4) is 5.75 Å². The molecule has 0 unspecified atom stereocenters. The van der Waals surface area contributed by atoms with Crippen molar-refractivity contribution in [1.29, 1.82) is 0 Å². The van der Waals surface area contributed by atoms with Crippen molar-refractivity contribution in [2.75, 3.05) is 7.11 Å². The van der Waals surface area contributed by atoms with E-state index in [1.165, 1.54) is 15.8 Å². The lowest BCUT2D eigenvalue weighted by molar-refractivity contribution is 0.414. The molecule has 0 N–H and O–H groups in total. The fraction of sp³-hybridized carbons (Fsp3) is 0.125. The van der Waals surface area contributed by atoms with Gasteiger partial charge in [0, 0.05) is 21.6 Å². The first-order valence-corrected chi connectivity index (χ1v) is 7.07. The van der Waals surface area contributed by atoms with Crippen molar-refractivity contribution in [2.24, 2.45) is 0 Å². The van der Waals surface area contributed by atoms with E-state index in [1.54, 1.807) is 18.9 Å². The Kier molecular flexibility index (Phi) is 3.47. The molecule has 1 aromatic heterocycles. The zero-order chi connectivity index (χ0) is 13.1. The summed E-state index contributed by atoms with van der Waals surface area (Å²) in [7, 11) is 1.68. The van der Waals surface area contributed by atoms with Crippen LogP contribution in [0.3, 0.4) is 0 Å². The van der Waals surface area contributed by atoms with Crippen LogP contribution >= 0.6 is 11.8 Å². The van der Waals surface area contributed by atoms with Gasteiger partial charge in [0.2, 0.25) is 0 Å². The minimum absolute atomic E-state index is 0.887. The molecule has 0 amide bonds. The van der Waals surface area contributed by atoms with Crippen molar-refractivity contribution in [2.45, 2.75) is 10.6 Å². The van der Waals surface area contributed by atoms with E-state index in [0.29, 0.717) is 0 Å². The molecule has 3 heteroatoms. The van der Waals surface area contributed by atoms with Gasteiger partial charge in [0.25, 0.3) is 0 Å². The van der Waals surface area contributed by atoms with Gasteiger partial charge in [0.05, 0.1) is 13.4 Å². The van der Waals surface area contributed by atoms with E-state index in [-0.39, 0.29) is 0 Å². The third kappa shape index (κ3) is 2.61. The predicted octanol–water partition coefficient (Wildman–Crippen LogP) is 4.73. The molecule has 0 aliphatic carbocycles. The molecule has 0 spiro atoms. The zero-order valence-electron chi connectivity index (χ0n) is 10.6. The molecule has 0 saturated heterocycles. The van der Waals surface area contributed by atoms with E-state index < -0.39 is 0 Å². The van der Waals surface area contributed by atoms with E-state index in [4.69, 9.17) is 9.15 Å². The molecule has 0 bridgehead atoms. The summed E-state index contributed by atoms with van der Waals surface area (Å²) in [6.45, 7) is 0. The highest BCUT2D eigenvalue weighted by Gasteiger charge is 2.05. The van der Waals surface area contributed by atoms with Crippen LogP contribution in [0.15, 0.2) is 64.1 Å². The average molecular weight is 270 g/mol. The molecule has 0 saturated carbocycles. The van der Waals surface area contributed by atoms with E-state index in [9.17, 15) is 0 Å². The summed E-state index contributed by atoms with van der Waals surface area (Å²) in [5.41, 5.74) is 2.18. The fourth-order valence-electron chi connectivity index (χ4n) is 1.98. The number of methoxy groups -OCH3 is 1. The second-order valence-corrected chi connectivity index (χ2v) is 5.27. The largest absolute Gasteiger partial charge is 0.497 e. The third-order valence-electron chi connectivity index (χ3n) is 3.01. The van der Waals surface area contributed by atoms with Crippen LogP contribution in [0, 0.1) is 0 Å². The SMILES string of the molecule is COc1ccc(SCc2coc3ccccc23)cc1. The Labute approximate surface area is 116 Å². The second-order valence-electron chi connectivity index (χ2n) is 4.22. The first-order valence-electron chi connectivity index (χ1n) is 6.09. The van der Waals surface area contributed by atoms with Gasteiger partial charge in [0.15, 0.2) is 0 Å². The van der Waals surface area contributed by atoms with E-state index in [0.717, 1.165) is 17.1 Å². The molecular weight excluding hydrogens is 256 g/mol. The van der Waals surface area contributed by atoms with Crippen molar-refractivity contribution in [1.82, 2.24) is 0 Å². The lowest BCUT2D eigenvalue weighted by atomic mass is 10.2. The Balaban J connectivity index is 1.74. The molecule has 1 heterocycles. The lowest BCUT2D eigenvalue weighted by Gasteiger charge is -2.02. The smallest absolute Gasteiger partial charge is 0.134 e. The van der Waals surface area contributed by atoms with Gasteiger partial charge < -0.3 is 9.15 Å². The maximum absolute atomic E-state index is 5.54. The lowest BCUT2D eigenvalue weighted by Crippen LogP contribution is -1.82. The number of ether oxygens (including phenoxy) is 1. The Morgan fingerprint density at radius 3 is 2.63 bits per heavy atom. The van der Waals surface area contributed by atoms with Crippen LogP contribution < -0.4 is 4.74 Å². The fourth-order valence-corrected chi connectivity index (χ4v) is 2.85. The van der Waals surface area contributed by atoms with Crippen LogP contribution in [-0.2, 0) is 5.75 Å². The van der Waals surface area contributed by atoms with Gasteiger partial charge in [-0.1, -0.05) is 18.2 Å². The number of hydrogen-bond donors (Lipinski definition) is 0. The van der Waals surface area contributed by atoms with Crippen LogP contribution in [0.2, 0.25) is 0 Å². The number of benzene rings is 2. The summed E-state index contributed by atoms with van der Waals surface area (Å²) < 4.78 is 10.7. The molecule has 0 fully saturated rings. The molecule has 19 heavy (non-hydrogen) atoms. The van der Waals surface area contributed by atoms with E-state index in [1.807, 2.05) is 36.6 Å². The van der Waals surface area contributed by atoms with Crippen molar-refractivity contribution < 1.29 is 9.15 Å². The topological polar surface area (TPSA) is 22.4 Å². The predicted molar refractivity (Wildman–Crippen MR) is 78.8 cm³/mol. The quantitative estimate of drug-likeness (QED) is 0.640. The van der Waals surface area contributed by atoms with Gasteiger partial charge in [-0.05, 0) is 30.3 Å². The van der Waals surface area contributed by atoms with Crippen molar-refractivity contribution >= 4 is 22.7 Å². The summed E-state index contributed by atoms with van der Waals surface area (Å²) in [5.74, 6) is 1.79. The average Bonchev–Trinajstić information content (AvgIpc) is 2.89. The Morgan fingerprint density at radius 2 is 1.84 bits per heavy atom. The summed E-state index contributed by atoms with van der Waals surface area (Å²) in [6.07, 6.45) is 1.85. The summed E-state index contributed by atoms with van der Waals surface area (Å²) in [4.78, 5) is 1.23. The van der Waals surface area contributed by atoms with Crippen LogP contribution in [0.25, 0.3) is 11.0 Å². The van der Waals surface area contributed by atoms with Crippen LogP contribution in [0.1, 0.15) is 5.56 Å². The van der Waals surface area contributed by atoms with Crippen molar-refractivity contribution in [3.63, 3.8) is 0 Å². The third-order valence-corrected chi connectivity index (χ3v) is 4.08. The number of para-hydroxylation sites is 1. The highest BCUT2D eigenvalue weighted by Crippen LogP contribution is 2.29. The highest BCUT2D eigenvalue weighted by atomic mass is 32.2. The van der Waals surface area contributed by atoms with Crippen LogP contribution in [-0.4, -0.2) is 7.11 Å². The first-order chi connectivity index (χ1) is 9.36.